The number of aromatic nitrogens is 1. The first kappa shape index (κ1) is 13.1. The van der Waals surface area contributed by atoms with E-state index >= 15 is 0 Å². The third-order valence-corrected chi connectivity index (χ3v) is 2.87. The van der Waals surface area contributed by atoms with Gasteiger partial charge >= 0.3 is 0 Å². The lowest BCUT2D eigenvalue weighted by molar-refractivity contribution is 0.0907. The molecule has 0 saturated carbocycles. The summed E-state index contributed by atoms with van der Waals surface area (Å²) in [5.41, 5.74) is 2.47. The highest BCUT2D eigenvalue weighted by molar-refractivity contribution is 5.82. The van der Waals surface area contributed by atoms with Gasteiger partial charge in [-0.3, -0.25) is 0 Å². The van der Waals surface area contributed by atoms with Crippen LogP contribution in [0.2, 0.25) is 0 Å². The van der Waals surface area contributed by atoms with Crippen LogP contribution in [0.5, 0.6) is 0 Å². The van der Waals surface area contributed by atoms with E-state index < -0.39 is 0 Å². The standard InChI is InChI=1S/C14H20N2O2/c17-7-9-18-8-3-6-15-10-12-11-16-14-5-2-1-4-13(12)14/h1-2,4-5,11,15-17H,3,6-10H2. The molecule has 0 saturated heterocycles. The number of fused-ring (bicyclic) bond motifs is 1. The van der Waals surface area contributed by atoms with E-state index in [0.29, 0.717) is 13.2 Å². The number of rotatable bonds is 8. The molecule has 1 aromatic carbocycles. The molecule has 0 fully saturated rings. The molecule has 3 N–H and O–H groups in total. The van der Waals surface area contributed by atoms with E-state index in [4.69, 9.17) is 9.84 Å². The fourth-order valence-corrected chi connectivity index (χ4v) is 1.97. The van der Waals surface area contributed by atoms with Gasteiger partial charge in [0.2, 0.25) is 0 Å². The topological polar surface area (TPSA) is 57.3 Å². The summed E-state index contributed by atoms with van der Waals surface area (Å²) >= 11 is 0. The number of benzene rings is 1. The largest absolute Gasteiger partial charge is 0.394 e. The Kier molecular flexibility index (Phi) is 5.20. The Balaban J connectivity index is 1.70. The lowest BCUT2D eigenvalue weighted by Gasteiger charge is -2.04. The van der Waals surface area contributed by atoms with Crippen LogP contribution in [0.4, 0.5) is 0 Å². The average Bonchev–Trinajstić information content (AvgIpc) is 2.81. The molecule has 2 rings (SSSR count). The minimum absolute atomic E-state index is 0.1000. The number of aromatic amines is 1. The second-order valence-electron chi connectivity index (χ2n) is 4.23. The Labute approximate surface area is 107 Å². The Morgan fingerprint density at radius 1 is 1.22 bits per heavy atom. The minimum atomic E-state index is 0.1000. The van der Waals surface area contributed by atoms with E-state index in [2.05, 4.69) is 34.7 Å². The van der Waals surface area contributed by atoms with Crippen molar-refractivity contribution in [2.75, 3.05) is 26.4 Å². The van der Waals surface area contributed by atoms with Gasteiger partial charge in [0, 0.05) is 30.3 Å². The molecule has 0 spiro atoms. The molecule has 98 valence electrons. The maximum atomic E-state index is 8.55. The van der Waals surface area contributed by atoms with Crippen LogP contribution in [0.15, 0.2) is 30.5 Å². The van der Waals surface area contributed by atoms with E-state index in [-0.39, 0.29) is 6.61 Å². The van der Waals surface area contributed by atoms with Crippen LogP contribution in [0.1, 0.15) is 12.0 Å². The van der Waals surface area contributed by atoms with Gasteiger partial charge in [0.1, 0.15) is 0 Å². The van der Waals surface area contributed by atoms with Gasteiger partial charge in [0.25, 0.3) is 0 Å². The Morgan fingerprint density at radius 2 is 2.11 bits per heavy atom. The molecule has 0 aliphatic carbocycles. The highest BCUT2D eigenvalue weighted by Gasteiger charge is 2.01. The maximum absolute atomic E-state index is 8.55. The number of para-hydroxylation sites is 1. The Bertz CT molecular complexity index is 468. The number of aliphatic hydroxyl groups excluding tert-OH is 1. The van der Waals surface area contributed by atoms with Gasteiger partial charge in [-0.15, -0.1) is 0 Å². The van der Waals surface area contributed by atoms with Crippen molar-refractivity contribution in [3.05, 3.63) is 36.0 Å². The molecule has 1 heterocycles. The summed E-state index contributed by atoms with van der Waals surface area (Å²) in [5.74, 6) is 0. The molecular formula is C14H20N2O2. The molecule has 0 bridgehead atoms. The average molecular weight is 248 g/mol. The fraction of sp³-hybridized carbons (Fsp3) is 0.429. The highest BCUT2D eigenvalue weighted by atomic mass is 16.5. The van der Waals surface area contributed by atoms with Crippen LogP contribution < -0.4 is 5.32 Å². The number of hydrogen-bond donors (Lipinski definition) is 3. The van der Waals surface area contributed by atoms with Crippen LogP contribution >= 0.6 is 0 Å². The van der Waals surface area contributed by atoms with Crippen LogP contribution in [-0.4, -0.2) is 36.5 Å². The molecule has 4 heteroatoms. The third kappa shape index (κ3) is 3.57. The van der Waals surface area contributed by atoms with Crippen LogP contribution in [0.25, 0.3) is 10.9 Å². The predicted molar refractivity (Wildman–Crippen MR) is 72.5 cm³/mol. The van der Waals surface area contributed by atoms with Crippen LogP contribution in [0, 0.1) is 0 Å². The number of aliphatic hydroxyl groups is 1. The molecule has 0 radical (unpaired) electrons. The molecule has 0 unspecified atom stereocenters. The van der Waals surface area contributed by atoms with E-state index in [1.165, 1.54) is 16.5 Å². The zero-order chi connectivity index (χ0) is 12.6. The van der Waals surface area contributed by atoms with E-state index in [1.54, 1.807) is 0 Å². The quantitative estimate of drug-likeness (QED) is 0.623. The van der Waals surface area contributed by atoms with E-state index in [9.17, 15) is 0 Å². The molecule has 0 atom stereocenters. The molecule has 0 aliphatic heterocycles. The van der Waals surface area contributed by atoms with Crippen molar-refractivity contribution in [1.82, 2.24) is 10.3 Å². The van der Waals surface area contributed by atoms with Gasteiger partial charge < -0.3 is 20.1 Å². The summed E-state index contributed by atoms with van der Waals surface area (Å²) in [6.45, 7) is 3.02. The van der Waals surface area contributed by atoms with Crippen molar-refractivity contribution in [1.29, 1.82) is 0 Å². The van der Waals surface area contributed by atoms with Gasteiger partial charge in [-0.25, -0.2) is 0 Å². The first-order valence-electron chi connectivity index (χ1n) is 6.36. The highest BCUT2D eigenvalue weighted by Crippen LogP contribution is 2.17. The van der Waals surface area contributed by atoms with E-state index in [0.717, 1.165) is 19.5 Å². The first-order chi connectivity index (χ1) is 8.92. The third-order valence-electron chi connectivity index (χ3n) is 2.87. The zero-order valence-corrected chi connectivity index (χ0v) is 10.5. The second-order valence-corrected chi connectivity index (χ2v) is 4.23. The smallest absolute Gasteiger partial charge is 0.0697 e. The molecule has 2 aromatic rings. The number of ether oxygens (including phenoxy) is 1. The van der Waals surface area contributed by atoms with Gasteiger partial charge in [-0.2, -0.15) is 0 Å². The lowest BCUT2D eigenvalue weighted by Crippen LogP contribution is -2.16. The lowest BCUT2D eigenvalue weighted by atomic mass is 10.2. The second kappa shape index (κ2) is 7.16. The van der Waals surface area contributed by atoms with Crippen molar-refractivity contribution in [2.24, 2.45) is 0 Å². The summed E-state index contributed by atoms with van der Waals surface area (Å²) < 4.78 is 5.19. The number of hydrogen-bond acceptors (Lipinski definition) is 3. The predicted octanol–water partition coefficient (Wildman–Crippen LogP) is 1.66. The van der Waals surface area contributed by atoms with E-state index in [1.807, 2.05) is 6.07 Å². The maximum Gasteiger partial charge on any atom is 0.0697 e. The summed E-state index contributed by atoms with van der Waals surface area (Å²) in [6.07, 6.45) is 3.02. The number of nitrogens with one attached hydrogen (secondary N) is 2. The van der Waals surface area contributed by atoms with Crippen molar-refractivity contribution < 1.29 is 9.84 Å². The molecule has 0 aliphatic rings. The minimum Gasteiger partial charge on any atom is -0.394 e. The van der Waals surface area contributed by atoms with Crippen molar-refractivity contribution in [3.63, 3.8) is 0 Å². The Morgan fingerprint density at radius 3 is 3.00 bits per heavy atom. The first-order valence-corrected chi connectivity index (χ1v) is 6.36. The normalized spacial score (nSPS) is 11.2. The molecular weight excluding hydrogens is 228 g/mol. The summed E-state index contributed by atoms with van der Waals surface area (Å²) in [4.78, 5) is 3.26. The summed E-state index contributed by atoms with van der Waals surface area (Å²) in [7, 11) is 0. The molecule has 18 heavy (non-hydrogen) atoms. The number of H-pyrrole nitrogens is 1. The van der Waals surface area contributed by atoms with Gasteiger partial charge in [0.05, 0.1) is 13.2 Å². The zero-order valence-electron chi connectivity index (χ0n) is 10.5. The summed E-state index contributed by atoms with van der Waals surface area (Å²) in [6, 6.07) is 8.31. The Hall–Kier alpha value is -1.36. The summed E-state index contributed by atoms with van der Waals surface area (Å²) in [5, 5.41) is 13.2. The van der Waals surface area contributed by atoms with Crippen molar-refractivity contribution in [3.8, 4) is 0 Å². The SMILES string of the molecule is OCCOCCCNCc1c[nH]c2ccccc12. The molecule has 0 amide bonds. The monoisotopic (exact) mass is 248 g/mol. The van der Waals surface area contributed by atoms with Crippen molar-refractivity contribution in [2.45, 2.75) is 13.0 Å². The fourth-order valence-electron chi connectivity index (χ4n) is 1.97. The van der Waals surface area contributed by atoms with Gasteiger partial charge in [-0.05, 0) is 24.6 Å². The van der Waals surface area contributed by atoms with Crippen LogP contribution in [-0.2, 0) is 11.3 Å². The van der Waals surface area contributed by atoms with Crippen molar-refractivity contribution >= 4 is 10.9 Å². The van der Waals surface area contributed by atoms with Crippen LogP contribution in [0.3, 0.4) is 0 Å². The van der Waals surface area contributed by atoms with Gasteiger partial charge in [0.15, 0.2) is 0 Å². The molecule has 1 aromatic heterocycles. The van der Waals surface area contributed by atoms with Gasteiger partial charge in [-0.1, -0.05) is 18.2 Å². The molecule has 4 nitrogen and oxygen atoms in total.